The zero-order chi connectivity index (χ0) is 17.4. The van der Waals surface area contributed by atoms with Crippen LogP contribution in [0.4, 0.5) is 10.2 Å². The fourth-order valence-electron chi connectivity index (χ4n) is 2.45. The Kier molecular flexibility index (Phi) is 4.28. The normalized spacial score (nSPS) is 13.8. The minimum Gasteiger partial charge on any atom is -0.454 e. The molecule has 1 heterocycles. The van der Waals surface area contributed by atoms with Crippen LogP contribution in [0.25, 0.3) is 0 Å². The highest BCUT2D eigenvalue weighted by atomic mass is 35.5. The number of hydrogen-bond donors (Lipinski definition) is 1. The van der Waals surface area contributed by atoms with Crippen LogP contribution in [0.5, 0.6) is 0 Å². The Morgan fingerprint density at radius 2 is 2.12 bits per heavy atom. The number of hydrogen-bond acceptors (Lipinski definition) is 5. The lowest BCUT2D eigenvalue weighted by molar-refractivity contribution is 0.0474. The number of Topliss-reactive ketones (excluding diaryl/α,β-unsaturated/α-hetero) is 1. The van der Waals surface area contributed by atoms with Crippen LogP contribution in [0.1, 0.15) is 45.3 Å². The van der Waals surface area contributed by atoms with E-state index in [-0.39, 0.29) is 28.0 Å². The molecule has 1 fully saturated rings. The third-order valence-corrected chi connectivity index (χ3v) is 4.11. The molecule has 2 N–H and O–H groups in total. The maximum Gasteiger partial charge on any atom is 0.344 e. The van der Waals surface area contributed by atoms with E-state index in [0.29, 0.717) is 5.69 Å². The first-order valence-corrected chi connectivity index (χ1v) is 7.77. The molecule has 0 unspecified atom stereocenters. The highest BCUT2D eigenvalue weighted by molar-refractivity contribution is 6.34. The number of anilines is 1. The lowest BCUT2D eigenvalue weighted by atomic mass is 10.1. The van der Waals surface area contributed by atoms with Gasteiger partial charge in [-0.25, -0.2) is 13.9 Å². The monoisotopic (exact) mass is 351 g/mol. The number of esters is 1. The predicted octanol–water partition coefficient (Wildman–Crippen LogP) is 2.94. The summed E-state index contributed by atoms with van der Waals surface area (Å²) in [6.45, 7) is 1.01. The van der Waals surface area contributed by atoms with Gasteiger partial charge in [0.2, 0.25) is 5.78 Å². The fraction of sp³-hybridized carbons (Fsp3) is 0.312. The summed E-state index contributed by atoms with van der Waals surface area (Å²) in [5.41, 5.74) is 6.21. The molecule has 3 rings (SSSR count). The molecule has 6 nitrogen and oxygen atoms in total. The maximum absolute atomic E-state index is 13.7. The molecule has 1 aromatic carbocycles. The van der Waals surface area contributed by atoms with E-state index in [2.05, 4.69) is 5.10 Å². The second-order valence-electron chi connectivity index (χ2n) is 5.62. The van der Waals surface area contributed by atoms with Crippen molar-refractivity contribution < 1.29 is 18.7 Å². The molecule has 0 saturated heterocycles. The summed E-state index contributed by atoms with van der Waals surface area (Å²) in [6.07, 6.45) is 1.92. The van der Waals surface area contributed by atoms with Gasteiger partial charge in [-0.3, -0.25) is 4.79 Å². The Balaban J connectivity index is 1.73. The zero-order valence-electron chi connectivity index (χ0n) is 12.9. The summed E-state index contributed by atoms with van der Waals surface area (Å²) in [5.74, 6) is -2.04. The second-order valence-corrected chi connectivity index (χ2v) is 6.02. The lowest BCUT2D eigenvalue weighted by Crippen LogP contribution is -2.17. The Morgan fingerprint density at radius 1 is 1.42 bits per heavy atom. The van der Waals surface area contributed by atoms with Crippen LogP contribution in [0.3, 0.4) is 0 Å². The Labute approximate surface area is 142 Å². The van der Waals surface area contributed by atoms with Crippen molar-refractivity contribution in [3.05, 3.63) is 45.9 Å². The largest absolute Gasteiger partial charge is 0.454 e. The molecule has 0 spiro atoms. The number of nitrogen functional groups attached to an aromatic ring is 1. The number of halogens is 2. The Bertz CT molecular complexity index is 810. The highest BCUT2D eigenvalue weighted by Crippen LogP contribution is 2.37. The van der Waals surface area contributed by atoms with Crippen LogP contribution in [-0.2, 0) is 4.74 Å². The molecule has 8 heteroatoms. The average molecular weight is 352 g/mol. The van der Waals surface area contributed by atoms with Gasteiger partial charge in [0, 0.05) is 0 Å². The lowest BCUT2D eigenvalue weighted by Gasteiger charge is -2.07. The van der Waals surface area contributed by atoms with Crippen LogP contribution in [0, 0.1) is 12.7 Å². The smallest absolute Gasteiger partial charge is 0.344 e. The van der Waals surface area contributed by atoms with Crippen LogP contribution in [0.15, 0.2) is 18.2 Å². The van der Waals surface area contributed by atoms with E-state index in [9.17, 15) is 14.0 Å². The molecule has 2 aromatic rings. The number of nitrogens with zero attached hydrogens (tertiary/aromatic N) is 2. The number of aromatic nitrogens is 2. The summed E-state index contributed by atoms with van der Waals surface area (Å²) in [4.78, 5) is 24.3. The van der Waals surface area contributed by atoms with Crippen molar-refractivity contribution in [1.29, 1.82) is 0 Å². The second kappa shape index (κ2) is 6.24. The minimum atomic E-state index is -0.766. The molecule has 0 atom stereocenters. The van der Waals surface area contributed by atoms with Gasteiger partial charge in [0.05, 0.1) is 22.3 Å². The van der Waals surface area contributed by atoms with Crippen molar-refractivity contribution in [2.24, 2.45) is 0 Å². The molecule has 1 aliphatic rings. The van der Waals surface area contributed by atoms with Crippen molar-refractivity contribution >= 4 is 29.2 Å². The maximum atomic E-state index is 13.7. The first-order valence-electron chi connectivity index (χ1n) is 7.39. The summed E-state index contributed by atoms with van der Waals surface area (Å²) >= 11 is 5.82. The first-order chi connectivity index (χ1) is 11.4. The Hall–Kier alpha value is -2.41. The van der Waals surface area contributed by atoms with E-state index in [4.69, 9.17) is 22.1 Å². The molecule has 1 saturated carbocycles. The summed E-state index contributed by atoms with van der Waals surface area (Å²) in [7, 11) is 0. The molecule has 126 valence electrons. The summed E-state index contributed by atoms with van der Waals surface area (Å²) in [5, 5.41) is 4.20. The highest BCUT2D eigenvalue weighted by Gasteiger charge is 2.31. The van der Waals surface area contributed by atoms with E-state index in [0.717, 1.165) is 18.9 Å². The van der Waals surface area contributed by atoms with Gasteiger partial charge in [-0.15, -0.1) is 0 Å². The quantitative estimate of drug-likeness (QED) is 0.661. The fourth-order valence-corrected chi connectivity index (χ4v) is 2.72. The molecule has 1 aromatic heterocycles. The van der Waals surface area contributed by atoms with Gasteiger partial charge in [-0.1, -0.05) is 17.7 Å². The van der Waals surface area contributed by atoms with Gasteiger partial charge in [0.1, 0.15) is 17.2 Å². The SMILES string of the molecule is Cc1nn(C2CC2)c(N)c1C(=O)OCC(=O)c1c(F)cccc1Cl. The van der Waals surface area contributed by atoms with E-state index < -0.39 is 24.2 Å². The van der Waals surface area contributed by atoms with Gasteiger partial charge >= 0.3 is 5.97 Å². The topological polar surface area (TPSA) is 87.2 Å². The number of aryl methyl sites for hydroxylation is 1. The van der Waals surface area contributed by atoms with Crippen molar-refractivity contribution in [2.45, 2.75) is 25.8 Å². The average Bonchev–Trinajstić information content (AvgIpc) is 3.31. The van der Waals surface area contributed by atoms with E-state index in [1.54, 1.807) is 11.6 Å². The first kappa shape index (κ1) is 16.4. The zero-order valence-corrected chi connectivity index (χ0v) is 13.6. The number of ether oxygens (including phenoxy) is 1. The van der Waals surface area contributed by atoms with Gasteiger partial charge in [0.25, 0.3) is 0 Å². The van der Waals surface area contributed by atoms with E-state index in [1.165, 1.54) is 12.1 Å². The van der Waals surface area contributed by atoms with E-state index in [1.807, 2.05) is 0 Å². The number of carbonyl (C=O) groups is 2. The van der Waals surface area contributed by atoms with Gasteiger partial charge in [-0.05, 0) is 31.9 Å². The number of carbonyl (C=O) groups excluding carboxylic acids is 2. The van der Waals surface area contributed by atoms with Gasteiger partial charge in [0.15, 0.2) is 6.61 Å². The van der Waals surface area contributed by atoms with Crippen molar-refractivity contribution in [3.8, 4) is 0 Å². The molecular weight excluding hydrogens is 337 g/mol. The summed E-state index contributed by atoms with van der Waals surface area (Å²) < 4.78 is 20.3. The summed E-state index contributed by atoms with van der Waals surface area (Å²) in [6, 6.07) is 4.10. The number of ketones is 1. The predicted molar refractivity (Wildman–Crippen MR) is 85.7 cm³/mol. The van der Waals surface area contributed by atoms with Crippen molar-refractivity contribution in [1.82, 2.24) is 9.78 Å². The molecule has 0 radical (unpaired) electrons. The molecular formula is C16H15ClFN3O3. The van der Waals surface area contributed by atoms with E-state index >= 15 is 0 Å². The van der Waals surface area contributed by atoms with Crippen molar-refractivity contribution in [2.75, 3.05) is 12.3 Å². The van der Waals surface area contributed by atoms with Crippen molar-refractivity contribution in [3.63, 3.8) is 0 Å². The third kappa shape index (κ3) is 2.99. The standard InChI is InChI=1S/C16H15ClFN3O3/c1-8-13(15(19)21(20-8)9-5-6-9)16(23)24-7-12(22)14-10(17)3-2-4-11(14)18/h2-4,9H,5-7,19H2,1H3. The number of benzene rings is 1. The van der Waals surface area contributed by atoms with Crippen LogP contribution < -0.4 is 5.73 Å². The van der Waals surface area contributed by atoms with Crippen LogP contribution in [0.2, 0.25) is 5.02 Å². The molecule has 0 aliphatic heterocycles. The van der Waals surface area contributed by atoms with Gasteiger partial charge in [-0.2, -0.15) is 5.10 Å². The molecule has 0 amide bonds. The molecule has 1 aliphatic carbocycles. The molecule has 24 heavy (non-hydrogen) atoms. The Morgan fingerprint density at radius 3 is 2.75 bits per heavy atom. The van der Waals surface area contributed by atoms with Crippen LogP contribution in [-0.4, -0.2) is 28.1 Å². The van der Waals surface area contributed by atoms with Crippen LogP contribution >= 0.6 is 11.6 Å². The third-order valence-electron chi connectivity index (χ3n) is 3.80. The molecule has 0 bridgehead atoms. The number of nitrogens with two attached hydrogens (primary N) is 1. The minimum absolute atomic E-state index is 0.0340. The number of rotatable bonds is 5. The van der Waals surface area contributed by atoms with Gasteiger partial charge < -0.3 is 10.5 Å².